The van der Waals surface area contributed by atoms with Gasteiger partial charge >= 0.3 is 5.97 Å². The average Bonchev–Trinajstić information content (AvgIpc) is 2.96. The van der Waals surface area contributed by atoms with Crippen LogP contribution in [0.4, 0.5) is 0 Å². The maximum Gasteiger partial charge on any atom is 0.310 e. The second-order valence-corrected chi connectivity index (χ2v) is 16.0. The molecule has 3 fully saturated rings. The highest BCUT2D eigenvalue weighted by atomic mass is 28.4. The average molecular weight is 399 g/mol. The molecule has 0 aromatic heterocycles. The molecule has 3 aliphatic rings. The molecule has 0 aromatic rings. The number of rotatable bonds is 5. The topological polar surface area (TPSA) is 54.0 Å². The first-order valence-corrected chi connectivity index (χ1v) is 13.2. The van der Waals surface area contributed by atoms with Crippen LogP contribution in [-0.2, 0) is 23.4 Å². The first kappa shape index (κ1) is 21.3. The summed E-state index contributed by atoms with van der Waals surface area (Å²) in [5.74, 6) is -0.621. The highest BCUT2D eigenvalue weighted by Gasteiger charge is 2.75. The Morgan fingerprint density at radius 3 is 2.30 bits per heavy atom. The van der Waals surface area contributed by atoms with E-state index < -0.39 is 19.7 Å². The van der Waals surface area contributed by atoms with Crippen LogP contribution in [0.5, 0.6) is 0 Å². The fraction of sp³-hybridized carbons (Fsp3) is 0.952. The number of carbonyl (C=O) groups excluding carboxylic acids is 1. The Balaban J connectivity index is 1.71. The molecule has 0 aromatic carbocycles. The summed E-state index contributed by atoms with van der Waals surface area (Å²) in [4.78, 5) is 12.8. The fourth-order valence-corrected chi connectivity index (χ4v) is 5.97. The second kappa shape index (κ2) is 6.28. The molecule has 0 N–H and O–H groups in total. The lowest BCUT2D eigenvalue weighted by atomic mass is 9.48. The van der Waals surface area contributed by atoms with Crippen molar-refractivity contribution in [2.24, 2.45) is 17.3 Å². The molecule has 0 bridgehead atoms. The number of esters is 1. The smallest absolute Gasteiger partial charge is 0.310 e. The number of hydrogen-bond acceptors (Lipinski definition) is 5. The summed E-state index contributed by atoms with van der Waals surface area (Å²) in [5, 5.41) is 0.173. The van der Waals surface area contributed by atoms with E-state index in [0.717, 1.165) is 12.8 Å². The quantitative estimate of drug-likeness (QED) is 0.504. The van der Waals surface area contributed by atoms with Gasteiger partial charge in [-0.1, -0.05) is 34.6 Å². The van der Waals surface area contributed by atoms with Gasteiger partial charge in [-0.15, -0.1) is 0 Å². The maximum absolute atomic E-state index is 12.8. The molecule has 2 heterocycles. The highest BCUT2D eigenvalue weighted by molar-refractivity contribution is 6.74. The van der Waals surface area contributed by atoms with Gasteiger partial charge in [0.1, 0.15) is 11.7 Å². The minimum Gasteiger partial charge on any atom is -0.455 e. The molecule has 0 spiro atoms. The van der Waals surface area contributed by atoms with E-state index in [-0.39, 0.29) is 34.4 Å². The second-order valence-electron chi connectivity index (χ2n) is 11.2. The minimum atomic E-state index is -1.81. The monoisotopic (exact) mass is 398 g/mol. The normalized spacial score (nSPS) is 37.7. The summed E-state index contributed by atoms with van der Waals surface area (Å²) in [5.41, 5.74) is -0.670. The highest BCUT2D eigenvalue weighted by Crippen LogP contribution is 2.66. The lowest BCUT2D eigenvalue weighted by Gasteiger charge is -2.59. The maximum atomic E-state index is 12.8. The van der Waals surface area contributed by atoms with E-state index in [0.29, 0.717) is 13.2 Å². The Bertz CT molecular complexity index is 606. The number of ether oxygens (including phenoxy) is 3. The first-order chi connectivity index (χ1) is 12.1. The molecular formula is C21H38O5Si. The summed E-state index contributed by atoms with van der Waals surface area (Å²) >= 11 is 0. The van der Waals surface area contributed by atoms with Gasteiger partial charge < -0.3 is 18.6 Å². The van der Waals surface area contributed by atoms with Gasteiger partial charge in [0.2, 0.25) is 0 Å². The van der Waals surface area contributed by atoms with Gasteiger partial charge in [-0.05, 0) is 44.8 Å². The SMILES string of the molecule is CC1(C)OC[C@H]([C@]23OC(=O)[C@H](CCO[Si](C)(C)C(C)(C)C)[C@H]2CC3(C)C)O1. The molecule has 0 unspecified atom stereocenters. The molecule has 156 valence electrons. The molecule has 5 nitrogen and oxygen atoms in total. The van der Waals surface area contributed by atoms with Crippen LogP contribution in [0.25, 0.3) is 0 Å². The lowest BCUT2D eigenvalue weighted by Crippen LogP contribution is -2.68. The minimum absolute atomic E-state index is 0.0855. The van der Waals surface area contributed by atoms with Gasteiger partial charge in [-0.3, -0.25) is 4.79 Å². The van der Waals surface area contributed by atoms with Crippen LogP contribution >= 0.6 is 0 Å². The number of carbonyl (C=O) groups is 1. The van der Waals surface area contributed by atoms with Gasteiger partial charge in [0, 0.05) is 17.9 Å². The molecule has 3 rings (SSSR count). The Morgan fingerprint density at radius 1 is 1.19 bits per heavy atom. The zero-order chi connectivity index (χ0) is 20.5. The summed E-state index contributed by atoms with van der Waals surface area (Å²) in [6, 6.07) is 0. The molecule has 2 aliphatic heterocycles. The van der Waals surface area contributed by atoms with Gasteiger partial charge in [-0.25, -0.2) is 0 Å². The molecule has 6 heteroatoms. The van der Waals surface area contributed by atoms with Crippen LogP contribution in [0.2, 0.25) is 18.1 Å². The van der Waals surface area contributed by atoms with Crippen molar-refractivity contribution in [2.45, 2.75) is 96.9 Å². The van der Waals surface area contributed by atoms with E-state index >= 15 is 0 Å². The molecule has 4 atom stereocenters. The van der Waals surface area contributed by atoms with Crippen molar-refractivity contribution in [3.05, 3.63) is 0 Å². The van der Waals surface area contributed by atoms with Crippen molar-refractivity contribution >= 4 is 14.3 Å². The third-order valence-electron chi connectivity index (χ3n) is 7.58. The first-order valence-electron chi connectivity index (χ1n) is 10.3. The van der Waals surface area contributed by atoms with Crippen LogP contribution in [-0.4, -0.2) is 45.0 Å². The molecule has 2 saturated heterocycles. The van der Waals surface area contributed by atoms with Gasteiger partial charge in [0.25, 0.3) is 0 Å². The zero-order valence-electron chi connectivity index (χ0n) is 18.6. The molecule has 0 amide bonds. The van der Waals surface area contributed by atoms with E-state index in [1.807, 2.05) is 13.8 Å². The van der Waals surface area contributed by atoms with Crippen LogP contribution in [0.1, 0.15) is 61.3 Å². The largest absolute Gasteiger partial charge is 0.455 e. The van der Waals surface area contributed by atoms with Gasteiger partial charge in [0.05, 0.1) is 12.5 Å². The van der Waals surface area contributed by atoms with Crippen LogP contribution in [0.15, 0.2) is 0 Å². The zero-order valence-corrected chi connectivity index (χ0v) is 19.6. The Morgan fingerprint density at radius 2 is 1.81 bits per heavy atom. The number of fused-ring (bicyclic) bond motifs is 1. The Hall–Kier alpha value is -0.433. The predicted molar refractivity (Wildman–Crippen MR) is 107 cm³/mol. The predicted octanol–water partition coefficient (Wildman–Crippen LogP) is 4.51. The van der Waals surface area contributed by atoms with Crippen LogP contribution in [0, 0.1) is 17.3 Å². The summed E-state index contributed by atoms with van der Waals surface area (Å²) in [6.07, 6.45) is 1.51. The van der Waals surface area contributed by atoms with E-state index in [1.165, 1.54) is 0 Å². The van der Waals surface area contributed by atoms with Gasteiger partial charge in [0.15, 0.2) is 14.1 Å². The van der Waals surface area contributed by atoms with E-state index in [2.05, 4.69) is 47.7 Å². The van der Waals surface area contributed by atoms with E-state index in [1.54, 1.807) is 0 Å². The third-order valence-corrected chi connectivity index (χ3v) is 12.1. The number of hydrogen-bond donors (Lipinski definition) is 0. The summed E-state index contributed by atoms with van der Waals surface area (Å²) in [6.45, 7) is 20.5. The van der Waals surface area contributed by atoms with E-state index in [9.17, 15) is 4.79 Å². The molecule has 0 radical (unpaired) electrons. The van der Waals surface area contributed by atoms with Crippen LogP contribution in [0.3, 0.4) is 0 Å². The lowest BCUT2D eigenvalue weighted by molar-refractivity contribution is -0.254. The Kier molecular flexibility index (Phi) is 4.95. The van der Waals surface area contributed by atoms with Crippen molar-refractivity contribution < 1.29 is 23.4 Å². The summed E-state index contributed by atoms with van der Waals surface area (Å²) in [7, 11) is -1.81. The Labute approximate surface area is 165 Å². The van der Waals surface area contributed by atoms with Crippen molar-refractivity contribution in [1.29, 1.82) is 0 Å². The fourth-order valence-electron chi connectivity index (χ4n) is 4.91. The summed E-state index contributed by atoms with van der Waals surface area (Å²) < 4.78 is 24.4. The van der Waals surface area contributed by atoms with Crippen molar-refractivity contribution in [3.63, 3.8) is 0 Å². The molecular weight excluding hydrogens is 360 g/mol. The van der Waals surface area contributed by atoms with Crippen molar-refractivity contribution in [3.8, 4) is 0 Å². The van der Waals surface area contributed by atoms with Crippen LogP contribution < -0.4 is 0 Å². The van der Waals surface area contributed by atoms with Crippen molar-refractivity contribution in [2.75, 3.05) is 13.2 Å². The van der Waals surface area contributed by atoms with E-state index in [4.69, 9.17) is 18.6 Å². The molecule has 1 aliphatic carbocycles. The standard InChI is InChI=1S/C21H38O5Si/c1-18(2,3)27(8,9)24-11-10-14-15-12-19(4,5)21(15,26-17(14)22)16-13-23-20(6,7)25-16/h14-16H,10-13H2,1-9H3/t14-,15-,16-,21-/m1/s1. The van der Waals surface area contributed by atoms with Crippen molar-refractivity contribution in [1.82, 2.24) is 0 Å². The van der Waals surface area contributed by atoms with Gasteiger partial charge in [-0.2, -0.15) is 0 Å². The molecule has 27 heavy (non-hydrogen) atoms. The molecule has 1 saturated carbocycles. The third kappa shape index (κ3) is 3.30.